The number of nitrogens with one attached hydrogen (secondary N) is 1. The van der Waals surface area contributed by atoms with E-state index in [1.807, 2.05) is 0 Å². The van der Waals surface area contributed by atoms with Gasteiger partial charge in [-0.15, -0.1) is 0 Å². The number of hydrogen-bond donors (Lipinski definition) is 1. The number of amides is 1. The Labute approximate surface area is 319 Å². The number of methoxy groups -OCH3 is 1. The van der Waals surface area contributed by atoms with Crippen molar-refractivity contribution < 1.29 is 81.0 Å². The van der Waals surface area contributed by atoms with Crippen molar-refractivity contribution in [1.82, 2.24) is 5.32 Å². The minimum Gasteiger partial charge on any atom is -0.497 e. The summed E-state index contributed by atoms with van der Waals surface area (Å²) in [5, 5.41) is 14.1. The maximum Gasteiger partial charge on any atom is 0.303 e. The van der Waals surface area contributed by atoms with E-state index in [9.17, 15) is 34.1 Å². The van der Waals surface area contributed by atoms with Crippen LogP contribution in [0.2, 0.25) is 0 Å². The van der Waals surface area contributed by atoms with Gasteiger partial charge >= 0.3 is 23.9 Å². The Bertz CT molecular complexity index is 1740. The van der Waals surface area contributed by atoms with Crippen molar-refractivity contribution in [2.45, 2.75) is 102 Å². The molecule has 11 atom stereocenters. The summed E-state index contributed by atoms with van der Waals surface area (Å²) in [5.41, 5.74) is 0.375. The van der Waals surface area contributed by atoms with Gasteiger partial charge in [0.1, 0.15) is 48.6 Å². The summed E-state index contributed by atoms with van der Waals surface area (Å²) in [6.07, 6.45) is -13.5. The van der Waals surface area contributed by atoms with E-state index < -0.39 is 109 Å². The Balaban J connectivity index is 1.58. The van der Waals surface area contributed by atoms with Crippen molar-refractivity contribution >= 4 is 35.5 Å². The quantitative estimate of drug-likeness (QED) is 0.132. The van der Waals surface area contributed by atoms with Gasteiger partial charge in [-0.05, 0) is 24.3 Å². The third-order valence-corrected chi connectivity index (χ3v) is 8.64. The highest BCUT2D eigenvalue weighted by atomic mass is 16.8. The molecule has 304 valence electrons. The van der Waals surface area contributed by atoms with Crippen molar-refractivity contribution in [1.29, 1.82) is 0 Å². The molecule has 20 heteroatoms. The second-order valence-electron chi connectivity index (χ2n) is 12.8. The van der Waals surface area contributed by atoms with Gasteiger partial charge in [0, 0.05) is 52.3 Å². The van der Waals surface area contributed by atoms with Crippen LogP contribution in [0.15, 0.2) is 48.5 Å². The first kappa shape index (κ1) is 41.7. The molecule has 1 amide bonds. The summed E-state index contributed by atoms with van der Waals surface area (Å²) in [5.74, 6) is -3.14. The van der Waals surface area contributed by atoms with Crippen LogP contribution in [0.5, 0.6) is 11.5 Å². The third-order valence-electron chi connectivity index (χ3n) is 8.64. The van der Waals surface area contributed by atoms with E-state index in [0.29, 0.717) is 11.3 Å². The number of fused-ring (bicyclic) bond motifs is 1. The smallest absolute Gasteiger partial charge is 0.303 e. The molecule has 11 unspecified atom stereocenters. The second-order valence-corrected chi connectivity index (χ2v) is 12.8. The summed E-state index contributed by atoms with van der Waals surface area (Å²) < 4.78 is 65.0. The van der Waals surface area contributed by atoms with Crippen LogP contribution in [-0.4, -0.2) is 116 Å². The highest BCUT2D eigenvalue weighted by Gasteiger charge is 2.58. The number of esters is 4. The number of carbonyl (C=O) groups is 5. The first-order chi connectivity index (χ1) is 26.6. The van der Waals surface area contributed by atoms with Crippen LogP contribution in [-0.2, 0) is 66.6 Å². The largest absolute Gasteiger partial charge is 0.497 e. The molecule has 2 aromatic rings. The third kappa shape index (κ3) is 10.5. The number of non-ortho nitro benzene ring substituents is 1. The molecule has 3 saturated heterocycles. The first-order valence-corrected chi connectivity index (χ1v) is 17.3. The molecular formula is C36H42N2O18. The number of benzene rings is 2. The van der Waals surface area contributed by atoms with Gasteiger partial charge in [-0.1, -0.05) is 12.1 Å². The van der Waals surface area contributed by atoms with E-state index in [4.69, 9.17) is 52.1 Å². The predicted octanol–water partition coefficient (Wildman–Crippen LogP) is 1.79. The van der Waals surface area contributed by atoms with E-state index >= 15 is 0 Å². The molecule has 2 aromatic carbocycles. The van der Waals surface area contributed by atoms with E-state index in [2.05, 4.69) is 5.32 Å². The molecule has 56 heavy (non-hydrogen) atoms. The molecule has 0 spiro atoms. The predicted molar refractivity (Wildman–Crippen MR) is 183 cm³/mol. The molecule has 3 aliphatic rings. The Hall–Kier alpha value is -5.41. The summed E-state index contributed by atoms with van der Waals surface area (Å²) >= 11 is 0. The van der Waals surface area contributed by atoms with Crippen LogP contribution < -0.4 is 14.8 Å². The van der Waals surface area contributed by atoms with E-state index in [1.54, 1.807) is 24.3 Å². The van der Waals surface area contributed by atoms with Crippen molar-refractivity contribution in [3.05, 3.63) is 64.2 Å². The van der Waals surface area contributed by atoms with Crippen LogP contribution in [0.4, 0.5) is 5.69 Å². The Kier molecular flexibility index (Phi) is 13.8. The topological polar surface area (TPSA) is 242 Å². The summed E-state index contributed by atoms with van der Waals surface area (Å²) in [6.45, 7) is 4.97. The SMILES string of the molecule is COc1ccc(C2OCC3OC(Oc4ccc([N+](=O)[O-])cc4)C(NC(C)=O)C(OC4OC(COC(C)=O)C(OC(C)=O)C(OC(C)=O)C4OC(C)=O)C3O2)cc1. The number of nitro groups is 1. The number of ether oxygens (including phenoxy) is 11. The van der Waals surface area contributed by atoms with Gasteiger partial charge in [0.05, 0.1) is 18.6 Å². The lowest BCUT2D eigenvalue weighted by Crippen LogP contribution is -2.70. The van der Waals surface area contributed by atoms with Gasteiger partial charge in [-0.2, -0.15) is 0 Å². The second kappa shape index (κ2) is 18.5. The van der Waals surface area contributed by atoms with Gasteiger partial charge in [0.2, 0.25) is 12.2 Å². The highest BCUT2D eigenvalue weighted by Crippen LogP contribution is 2.39. The minimum absolute atomic E-state index is 0.104. The fourth-order valence-electron chi connectivity index (χ4n) is 6.39. The monoisotopic (exact) mass is 790 g/mol. The fraction of sp³-hybridized carbons (Fsp3) is 0.528. The molecule has 0 aromatic heterocycles. The molecule has 3 heterocycles. The number of hydrogen-bond acceptors (Lipinski definition) is 18. The number of nitrogens with zero attached hydrogens (tertiary/aromatic N) is 1. The normalized spacial score (nSPS) is 29.7. The van der Waals surface area contributed by atoms with Crippen molar-refractivity contribution in [2.75, 3.05) is 20.3 Å². The summed E-state index contributed by atoms with van der Waals surface area (Å²) in [4.78, 5) is 72.7. The maximum absolute atomic E-state index is 12.8. The van der Waals surface area contributed by atoms with Gasteiger partial charge in [-0.3, -0.25) is 34.1 Å². The number of nitro benzene ring substituents is 1. The molecule has 0 saturated carbocycles. The zero-order valence-corrected chi connectivity index (χ0v) is 31.2. The van der Waals surface area contributed by atoms with Crippen LogP contribution in [0.25, 0.3) is 0 Å². The standard InChI is InChI=1S/C36H42N2O18/c1-17(39)37-28-31(56-36-33(51-21(5)43)32(50-20(4)42)30(49-19(3)41)26(54-36)15-47-18(2)40)29-27(16-48-34(55-29)22-7-11-24(46-6)12-8-22)53-35(28)52-25-13-9-23(10-14-25)38(44)45/h7-14,26-36H,15-16H2,1-6H3,(H,37,39). The highest BCUT2D eigenvalue weighted by molar-refractivity contribution is 5.73. The van der Waals surface area contributed by atoms with Crippen molar-refractivity contribution in [3.63, 3.8) is 0 Å². The lowest BCUT2D eigenvalue weighted by molar-refractivity contribution is -0.385. The van der Waals surface area contributed by atoms with Crippen LogP contribution >= 0.6 is 0 Å². The van der Waals surface area contributed by atoms with E-state index in [0.717, 1.165) is 27.7 Å². The molecule has 1 N–H and O–H groups in total. The van der Waals surface area contributed by atoms with Gasteiger partial charge < -0.3 is 57.4 Å². The van der Waals surface area contributed by atoms with Crippen LogP contribution in [0, 0.1) is 10.1 Å². The number of carbonyl (C=O) groups excluding carboxylic acids is 5. The fourth-order valence-corrected chi connectivity index (χ4v) is 6.39. The van der Waals surface area contributed by atoms with Crippen molar-refractivity contribution in [2.24, 2.45) is 0 Å². The van der Waals surface area contributed by atoms with E-state index in [1.165, 1.54) is 38.3 Å². The van der Waals surface area contributed by atoms with Gasteiger partial charge in [0.25, 0.3) is 5.69 Å². The van der Waals surface area contributed by atoms with Crippen LogP contribution in [0.3, 0.4) is 0 Å². The molecule has 0 aliphatic carbocycles. The molecule has 0 bridgehead atoms. The average molecular weight is 791 g/mol. The van der Waals surface area contributed by atoms with Gasteiger partial charge in [0.15, 0.2) is 30.9 Å². The van der Waals surface area contributed by atoms with Gasteiger partial charge in [-0.25, -0.2) is 0 Å². The Morgan fingerprint density at radius 3 is 1.93 bits per heavy atom. The zero-order valence-electron chi connectivity index (χ0n) is 31.2. The minimum atomic E-state index is -1.69. The average Bonchev–Trinajstić information content (AvgIpc) is 3.13. The molecule has 3 fully saturated rings. The number of rotatable bonds is 13. The lowest BCUT2D eigenvalue weighted by Gasteiger charge is -2.51. The first-order valence-electron chi connectivity index (χ1n) is 17.3. The molecule has 0 radical (unpaired) electrons. The Morgan fingerprint density at radius 1 is 0.750 bits per heavy atom. The zero-order chi connectivity index (χ0) is 40.7. The van der Waals surface area contributed by atoms with Crippen molar-refractivity contribution in [3.8, 4) is 11.5 Å². The maximum atomic E-state index is 12.8. The molecule has 20 nitrogen and oxygen atoms in total. The molecule has 5 rings (SSSR count). The van der Waals surface area contributed by atoms with Crippen LogP contribution in [0.1, 0.15) is 46.5 Å². The van der Waals surface area contributed by atoms with E-state index in [-0.39, 0.29) is 18.0 Å². The molecule has 3 aliphatic heterocycles. The Morgan fingerprint density at radius 2 is 1.36 bits per heavy atom. The summed E-state index contributed by atoms with van der Waals surface area (Å²) in [7, 11) is 1.51. The summed E-state index contributed by atoms with van der Waals surface area (Å²) in [6, 6.07) is 10.7. The molecular weight excluding hydrogens is 748 g/mol. The lowest BCUT2D eigenvalue weighted by atomic mass is 9.94.